The van der Waals surface area contributed by atoms with Gasteiger partial charge in [-0.15, -0.1) is 0 Å². The second-order valence-corrected chi connectivity index (χ2v) is 5.09. The van der Waals surface area contributed by atoms with E-state index in [0.29, 0.717) is 24.5 Å². The van der Waals surface area contributed by atoms with Crippen LogP contribution in [0, 0.1) is 5.82 Å². The minimum Gasteiger partial charge on any atom is -0.493 e. The van der Waals surface area contributed by atoms with Crippen LogP contribution in [0.4, 0.5) is 4.39 Å². The van der Waals surface area contributed by atoms with Crippen molar-refractivity contribution in [2.75, 3.05) is 20.8 Å². The lowest BCUT2D eigenvalue weighted by Crippen LogP contribution is -2.23. The lowest BCUT2D eigenvalue weighted by Gasteiger charge is -2.09. The van der Waals surface area contributed by atoms with Crippen LogP contribution in [-0.2, 0) is 11.2 Å². The van der Waals surface area contributed by atoms with Crippen molar-refractivity contribution in [1.29, 1.82) is 0 Å². The molecule has 0 spiro atoms. The maximum absolute atomic E-state index is 13.1. The highest BCUT2D eigenvalue weighted by Gasteiger charge is 2.07. The van der Waals surface area contributed by atoms with E-state index in [4.69, 9.17) is 9.47 Å². The molecule has 0 bridgehead atoms. The molecule has 0 atom stereocenters. The summed E-state index contributed by atoms with van der Waals surface area (Å²) in [5.41, 5.74) is 1.59. The van der Waals surface area contributed by atoms with E-state index in [2.05, 4.69) is 5.32 Å². The van der Waals surface area contributed by atoms with Crippen molar-refractivity contribution in [3.63, 3.8) is 0 Å². The Labute approximate surface area is 140 Å². The molecule has 0 fully saturated rings. The fourth-order valence-electron chi connectivity index (χ4n) is 2.29. The molecular weight excluding hydrogens is 309 g/mol. The van der Waals surface area contributed by atoms with Crippen LogP contribution in [0.15, 0.2) is 48.5 Å². The van der Waals surface area contributed by atoms with E-state index < -0.39 is 0 Å². The Morgan fingerprint density at radius 3 is 2.67 bits per heavy atom. The Morgan fingerprint density at radius 2 is 1.96 bits per heavy atom. The molecule has 126 valence electrons. The number of carbonyl (C=O) groups excluding carboxylic acids is 1. The molecule has 2 rings (SSSR count). The van der Waals surface area contributed by atoms with Gasteiger partial charge in [0.2, 0.25) is 5.91 Å². The summed E-state index contributed by atoms with van der Waals surface area (Å²) in [4.78, 5) is 11.9. The Bertz CT molecular complexity index is 728. The predicted molar refractivity (Wildman–Crippen MR) is 91.7 cm³/mol. The summed E-state index contributed by atoms with van der Waals surface area (Å²) in [6.45, 7) is 0.432. The quantitative estimate of drug-likeness (QED) is 0.794. The number of para-hydroxylation sites is 1. The molecule has 1 N–H and O–H groups in total. The SMILES string of the molecule is COc1cccc(/C=C/C(=O)NCCc2cccc(F)c2)c1OC. The van der Waals surface area contributed by atoms with Crippen LogP contribution < -0.4 is 14.8 Å². The summed E-state index contributed by atoms with van der Waals surface area (Å²) in [6, 6.07) is 11.8. The first-order valence-electron chi connectivity index (χ1n) is 7.55. The van der Waals surface area contributed by atoms with Gasteiger partial charge in [-0.3, -0.25) is 4.79 Å². The van der Waals surface area contributed by atoms with E-state index in [1.54, 1.807) is 32.4 Å². The fourth-order valence-corrected chi connectivity index (χ4v) is 2.29. The van der Waals surface area contributed by atoms with Crippen LogP contribution in [-0.4, -0.2) is 26.7 Å². The first kappa shape index (κ1) is 17.5. The summed E-state index contributed by atoms with van der Waals surface area (Å²) in [6.07, 6.45) is 3.67. The third-order valence-electron chi connectivity index (χ3n) is 3.45. The number of hydrogen-bond acceptors (Lipinski definition) is 3. The van der Waals surface area contributed by atoms with Crippen molar-refractivity contribution in [3.05, 3.63) is 65.5 Å². The van der Waals surface area contributed by atoms with E-state index in [1.165, 1.54) is 18.2 Å². The van der Waals surface area contributed by atoms with Crippen LogP contribution in [0.25, 0.3) is 6.08 Å². The zero-order valence-corrected chi connectivity index (χ0v) is 13.7. The maximum atomic E-state index is 13.1. The van der Waals surface area contributed by atoms with Gasteiger partial charge >= 0.3 is 0 Å². The van der Waals surface area contributed by atoms with Crippen molar-refractivity contribution >= 4 is 12.0 Å². The second kappa shape index (κ2) is 8.72. The second-order valence-electron chi connectivity index (χ2n) is 5.09. The molecule has 0 aliphatic heterocycles. The molecule has 0 aliphatic rings. The number of benzene rings is 2. The molecule has 2 aromatic rings. The van der Waals surface area contributed by atoms with Gasteiger partial charge in [-0.2, -0.15) is 0 Å². The average Bonchev–Trinajstić information content (AvgIpc) is 2.59. The monoisotopic (exact) mass is 329 g/mol. The molecule has 0 aromatic heterocycles. The van der Waals surface area contributed by atoms with Crippen molar-refractivity contribution < 1.29 is 18.7 Å². The first-order chi connectivity index (χ1) is 11.6. The molecule has 4 nitrogen and oxygen atoms in total. The Balaban J connectivity index is 1.91. The topological polar surface area (TPSA) is 47.6 Å². The van der Waals surface area contributed by atoms with Crippen LogP contribution in [0.1, 0.15) is 11.1 Å². The Kier molecular flexibility index (Phi) is 6.37. The van der Waals surface area contributed by atoms with E-state index >= 15 is 0 Å². The standard InChI is InChI=1S/C19H20FNO3/c1-23-17-8-4-6-15(19(17)24-2)9-10-18(22)21-12-11-14-5-3-7-16(20)13-14/h3-10,13H,11-12H2,1-2H3,(H,21,22)/b10-9+. The molecule has 5 heteroatoms. The number of rotatable bonds is 7. The number of hydrogen-bond donors (Lipinski definition) is 1. The first-order valence-corrected chi connectivity index (χ1v) is 7.55. The Hall–Kier alpha value is -2.82. The lowest BCUT2D eigenvalue weighted by molar-refractivity contribution is -0.116. The number of carbonyl (C=O) groups is 1. The molecule has 1 amide bonds. The van der Waals surface area contributed by atoms with Gasteiger partial charge in [-0.05, 0) is 36.3 Å². The van der Waals surface area contributed by atoms with Crippen molar-refractivity contribution in [2.45, 2.75) is 6.42 Å². The molecule has 0 unspecified atom stereocenters. The number of amides is 1. The van der Waals surface area contributed by atoms with Crippen molar-refractivity contribution in [2.24, 2.45) is 0 Å². The lowest BCUT2D eigenvalue weighted by atomic mass is 10.1. The normalized spacial score (nSPS) is 10.6. The van der Waals surface area contributed by atoms with Crippen molar-refractivity contribution in [1.82, 2.24) is 5.32 Å². The highest BCUT2D eigenvalue weighted by molar-refractivity contribution is 5.92. The van der Waals surface area contributed by atoms with Gasteiger partial charge in [0, 0.05) is 18.2 Å². The smallest absolute Gasteiger partial charge is 0.244 e. The third kappa shape index (κ3) is 4.84. The maximum Gasteiger partial charge on any atom is 0.244 e. The molecule has 0 heterocycles. The summed E-state index contributed by atoms with van der Waals surface area (Å²) < 4.78 is 23.6. The van der Waals surface area contributed by atoms with Crippen LogP contribution in [0.5, 0.6) is 11.5 Å². The minimum atomic E-state index is -0.274. The summed E-state index contributed by atoms with van der Waals surface area (Å²) in [7, 11) is 3.11. The van der Waals surface area contributed by atoms with Crippen LogP contribution >= 0.6 is 0 Å². The van der Waals surface area contributed by atoms with Crippen LogP contribution in [0.3, 0.4) is 0 Å². The van der Waals surface area contributed by atoms with E-state index in [9.17, 15) is 9.18 Å². The number of ether oxygens (including phenoxy) is 2. The van der Waals surface area contributed by atoms with Gasteiger partial charge in [0.05, 0.1) is 14.2 Å². The highest BCUT2D eigenvalue weighted by atomic mass is 19.1. The van der Waals surface area contributed by atoms with Crippen molar-refractivity contribution in [3.8, 4) is 11.5 Å². The van der Waals surface area contributed by atoms with Gasteiger partial charge in [0.15, 0.2) is 11.5 Å². The fraction of sp³-hybridized carbons (Fsp3) is 0.211. The Morgan fingerprint density at radius 1 is 1.17 bits per heavy atom. The summed E-state index contributed by atoms with van der Waals surface area (Å²) in [5.74, 6) is 0.676. The molecule has 0 saturated heterocycles. The van der Waals surface area contributed by atoms with Gasteiger partial charge in [-0.25, -0.2) is 4.39 Å². The van der Waals surface area contributed by atoms with E-state index in [1.807, 2.05) is 18.2 Å². The van der Waals surface area contributed by atoms with Gasteiger partial charge in [-0.1, -0.05) is 24.3 Å². The molecule has 0 saturated carbocycles. The molecular formula is C19H20FNO3. The summed E-state index contributed by atoms with van der Waals surface area (Å²) in [5, 5.41) is 2.77. The molecule has 0 aliphatic carbocycles. The molecule has 2 aromatic carbocycles. The minimum absolute atomic E-state index is 0.226. The number of nitrogens with one attached hydrogen (secondary N) is 1. The largest absolute Gasteiger partial charge is 0.493 e. The molecule has 24 heavy (non-hydrogen) atoms. The van der Waals surface area contributed by atoms with Gasteiger partial charge in [0.25, 0.3) is 0 Å². The molecule has 0 radical (unpaired) electrons. The zero-order chi connectivity index (χ0) is 17.4. The number of methoxy groups -OCH3 is 2. The predicted octanol–water partition coefficient (Wildman–Crippen LogP) is 3.22. The average molecular weight is 329 g/mol. The zero-order valence-electron chi connectivity index (χ0n) is 13.7. The third-order valence-corrected chi connectivity index (χ3v) is 3.45. The van der Waals surface area contributed by atoms with E-state index in [-0.39, 0.29) is 11.7 Å². The van der Waals surface area contributed by atoms with Crippen LogP contribution in [0.2, 0.25) is 0 Å². The summed E-state index contributed by atoms with van der Waals surface area (Å²) >= 11 is 0. The highest BCUT2D eigenvalue weighted by Crippen LogP contribution is 2.31. The van der Waals surface area contributed by atoms with Gasteiger partial charge in [0.1, 0.15) is 5.82 Å². The van der Waals surface area contributed by atoms with E-state index in [0.717, 1.165) is 11.1 Å². The number of halogens is 1. The van der Waals surface area contributed by atoms with Gasteiger partial charge < -0.3 is 14.8 Å².